The van der Waals surface area contributed by atoms with E-state index >= 15 is 0 Å². The van der Waals surface area contributed by atoms with Crippen molar-refractivity contribution in [2.45, 2.75) is 26.8 Å². The van der Waals surface area contributed by atoms with E-state index in [0.29, 0.717) is 28.7 Å². The average molecular weight is 417 g/mol. The largest absolute Gasteiger partial charge is 0.332 e. The monoisotopic (exact) mass is 416 g/mol. The molecule has 28 heavy (non-hydrogen) atoms. The SMILES string of the molecule is CC.Cn1nc(-c2cccnc2)c2c1CN(C(=O)c1cccc(Cl)c1Cl)CC2. The van der Waals surface area contributed by atoms with Crippen molar-refractivity contribution in [2.75, 3.05) is 6.54 Å². The lowest BCUT2D eigenvalue weighted by molar-refractivity contribution is 0.0730. The number of aromatic nitrogens is 3. The van der Waals surface area contributed by atoms with E-state index in [4.69, 9.17) is 23.2 Å². The fourth-order valence-corrected chi connectivity index (χ4v) is 3.70. The molecule has 3 aromatic rings. The van der Waals surface area contributed by atoms with Gasteiger partial charge in [-0.3, -0.25) is 14.5 Å². The average Bonchev–Trinajstić information content (AvgIpc) is 3.08. The van der Waals surface area contributed by atoms with Crippen molar-refractivity contribution < 1.29 is 4.79 Å². The molecule has 1 amide bonds. The Hall–Kier alpha value is -2.37. The van der Waals surface area contributed by atoms with Gasteiger partial charge in [0.2, 0.25) is 0 Å². The van der Waals surface area contributed by atoms with Crippen LogP contribution < -0.4 is 0 Å². The lowest BCUT2D eigenvalue weighted by Gasteiger charge is -2.28. The summed E-state index contributed by atoms with van der Waals surface area (Å²) in [5.74, 6) is -0.118. The van der Waals surface area contributed by atoms with E-state index in [1.807, 2.05) is 43.9 Å². The standard InChI is InChI=1S/C19H16Cl2N4O.C2H6/c1-24-16-11-25(19(26)14-5-2-6-15(20)17(14)21)9-7-13(16)18(23-24)12-4-3-8-22-10-12;1-2/h2-6,8,10H,7,9,11H2,1H3;1-2H3. The molecule has 0 aliphatic carbocycles. The van der Waals surface area contributed by atoms with Crippen LogP contribution in [0.15, 0.2) is 42.7 Å². The van der Waals surface area contributed by atoms with Gasteiger partial charge in [0.15, 0.2) is 0 Å². The number of pyridine rings is 1. The first-order chi connectivity index (χ1) is 13.6. The number of benzene rings is 1. The van der Waals surface area contributed by atoms with Gasteiger partial charge < -0.3 is 4.90 Å². The van der Waals surface area contributed by atoms with Crippen molar-refractivity contribution in [3.8, 4) is 11.3 Å². The van der Waals surface area contributed by atoms with Gasteiger partial charge in [-0.1, -0.05) is 43.1 Å². The quantitative estimate of drug-likeness (QED) is 0.589. The van der Waals surface area contributed by atoms with Crippen molar-refractivity contribution in [3.05, 3.63) is 69.6 Å². The first kappa shape index (κ1) is 20.4. The minimum absolute atomic E-state index is 0.118. The first-order valence-electron chi connectivity index (χ1n) is 9.24. The molecule has 0 unspecified atom stereocenters. The van der Waals surface area contributed by atoms with E-state index in [-0.39, 0.29) is 5.91 Å². The maximum atomic E-state index is 12.9. The fraction of sp³-hybridized carbons (Fsp3) is 0.286. The highest BCUT2D eigenvalue weighted by Gasteiger charge is 2.28. The number of hydrogen-bond donors (Lipinski definition) is 0. The predicted octanol–water partition coefficient (Wildman–Crippen LogP) is 5.01. The van der Waals surface area contributed by atoms with Gasteiger partial charge >= 0.3 is 0 Å². The molecule has 1 aliphatic rings. The molecule has 0 saturated carbocycles. The highest BCUT2D eigenvalue weighted by Crippen LogP contribution is 2.31. The molecule has 3 heterocycles. The number of hydrogen-bond acceptors (Lipinski definition) is 3. The van der Waals surface area contributed by atoms with Gasteiger partial charge in [-0.25, -0.2) is 0 Å². The molecule has 2 aromatic heterocycles. The minimum atomic E-state index is -0.118. The Morgan fingerprint density at radius 3 is 2.64 bits per heavy atom. The topological polar surface area (TPSA) is 51.0 Å². The van der Waals surface area contributed by atoms with Crippen LogP contribution in [0.1, 0.15) is 35.5 Å². The summed E-state index contributed by atoms with van der Waals surface area (Å²) in [6.07, 6.45) is 4.29. The van der Waals surface area contributed by atoms with E-state index in [0.717, 1.165) is 23.4 Å². The van der Waals surface area contributed by atoms with Crippen molar-refractivity contribution >= 4 is 29.1 Å². The van der Waals surface area contributed by atoms with Crippen LogP contribution in [0.4, 0.5) is 0 Å². The number of amides is 1. The second kappa shape index (κ2) is 8.76. The molecule has 0 fully saturated rings. The van der Waals surface area contributed by atoms with Gasteiger partial charge in [0, 0.05) is 37.1 Å². The Morgan fingerprint density at radius 2 is 1.93 bits per heavy atom. The summed E-state index contributed by atoms with van der Waals surface area (Å²) in [7, 11) is 1.90. The maximum absolute atomic E-state index is 12.9. The van der Waals surface area contributed by atoms with Gasteiger partial charge in [0.1, 0.15) is 0 Å². The van der Waals surface area contributed by atoms with Crippen LogP contribution in [-0.4, -0.2) is 32.1 Å². The fourth-order valence-electron chi connectivity index (χ4n) is 3.32. The number of fused-ring (bicyclic) bond motifs is 1. The second-order valence-electron chi connectivity index (χ2n) is 6.22. The molecule has 1 aromatic carbocycles. The van der Waals surface area contributed by atoms with Crippen molar-refractivity contribution in [3.63, 3.8) is 0 Å². The smallest absolute Gasteiger partial charge is 0.255 e. The molecule has 1 aliphatic heterocycles. The predicted molar refractivity (Wildman–Crippen MR) is 113 cm³/mol. The third-order valence-corrected chi connectivity index (χ3v) is 5.47. The number of rotatable bonds is 2. The maximum Gasteiger partial charge on any atom is 0.255 e. The molecule has 0 bridgehead atoms. The Balaban J connectivity index is 0.00000109. The second-order valence-corrected chi connectivity index (χ2v) is 7.00. The van der Waals surface area contributed by atoms with E-state index in [1.165, 1.54) is 5.56 Å². The summed E-state index contributed by atoms with van der Waals surface area (Å²) in [4.78, 5) is 18.9. The van der Waals surface area contributed by atoms with E-state index in [9.17, 15) is 4.79 Å². The lowest BCUT2D eigenvalue weighted by Crippen LogP contribution is -2.36. The van der Waals surface area contributed by atoms with Crippen LogP contribution in [-0.2, 0) is 20.0 Å². The lowest BCUT2D eigenvalue weighted by atomic mass is 10.00. The van der Waals surface area contributed by atoms with Crippen LogP contribution in [0.5, 0.6) is 0 Å². The number of carbonyl (C=O) groups excluding carboxylic acids is 1. The highest BCUT2D eigenvalue weighted by atomic mass is 35.5. The summed E-state index contributed by atoms with van der Waals surface area (Å²) in [6, 6.07) is 9.02. The van der Waals surface area contributed by atoms with E-state index in [1.54, 1.807) is 29.3 Å². The van der Waals surface area contributed by atoms with Gasteiger partial charge in [-0.2, -0.15) is 5.10 Å². The zero-order valence-corrected chi connectivity index (χ0v) is 17.6. The molecule has 5 nitrogen and oxygen atoms in total. The summed E-state index contributed by atoms with van der Waals surface area (Å²) in [6.45, 7) is 5.09. The Morgan fingerprint density at radius 1 is 1.14 bits per heavy atom. The molecular formula is C21H22Cl2N4O. The molecule has 0 atom stereocenters. The summed E-state index contributed by atoms with van der Waals surface area (Å²) in [5.41, 5.74) is 4.55. The van der Waals surface area contributed by atoms with Crippen LogP contribution in [0.2, 0.25) is 10.0 Å². The van der Waals surface area contributed by atoms with Crippen molar-refractivity contribution in [1.29, 1.82) is 0 Å². The highest BCUT2D eigenvalue weighted by molar-refractivity contribution is 6.43. The van der Waals surface area contributed by atoms with Crippen molar-refractivity contribution in [2.24, 2.45) is 7.05 Å². The zero-order valence-electron chi connectivity index (χ0n) is 16.1. The number of aryl methyl sites for hydroxylation is 1. The Kier molecular flexibility index (Phi) is 6.37. The molecular weight excluding hydrogens is 395 g/mol. The molecule has 4 rings (SSSR count). The van der Waals surface area contributed by atoms with Gasteiger partial charge in [-0.15, -0.1) is 0 Å². The van der Waals surface area contributed by atoms with Gasteiger partial charge in [-0.05, 0) is 30.7 Å². The molecule has 7 heteroatoms. The third kappa shape index (κ3) is 3.77. The Labute approximate surface area is 174 Å². The van der Waals surface area contributed by atoms with Crippen LogP contribution in [0.3, 0.4) is 0 Å². The number of carbonyl (C=O) groups is 1. The van der Waals surface area contributed by atoms with E-state index < -0.39 is 0 Å². The van der Waals surface area contributed by atoms with Crippen LogP contribution >= 0.6 is 23.2 Å². The molecule has 146 valence electrons. The van der Waals surface area contributed by atoms with Gasteiger partial charge in [0.25, 0.3) is 5.91 Å². The number of nitrogens with zero attached hydrogens (tertiary/aromatic N) is 4. The molecule has 0 spiro atoms. The summed E-state index contributed by atoms with van der Waals surface area (Å²) in [5, 5.41) is 5.33. The van der Waals surface area contributed by atoms with Crippen LogP contribution in [0.25, 0.3) is 11.3 Å². The van der Waals surface area contributed by atoms with Crippen LogP contribution in [0, 0.1) is 0 Å². The van der Waals surface area contributed by atoms with Gasteiger partial charge in [0.05, 0.1) is 33.5 Å². The zero-order chi connectivity index (χ0) is 20.3. The van der Waals surface area contributed by atoms with Crippen molar-refractivity contribution in [1.82, 2.24) is 19.7 Å². The summed E-state index contributed by atoms with van der Waals surface area (Å²) >= 11 is 12.3. The van der Waals surface area contributed by atoms with E-state index in [2.05, 4.69) is 10.1 Å². The normalized spacial score (nSPS) is 12.8. The Bertz CT molecular complexity index is 986. The first-order valence-corrected chi connectivity index (χ1v) is 10.0. The minimum Gasteiger partial charge on any atom is -0.332 e. The number of halogens is 2. The summed E-state index contributed by atoms with van der Waals surface area (Å²) < 4.78 is 1.84. The molecule has 0 radical (unpaired) electrons. The molecule has 0 N–H and O–H groups in total. The molecule has 0 saturated heterocycles. The third-order valence-electron chi connectivity index (χ3n) is 4.65.